The lowest BCUT2D eigenvalue weighted by atomic mass is 9.78. The Balaban J connectivity index is 2.44. The molecule has 0 amide bonds. The van der Waals surface area contributed by atoms with E-state index >= 15 is 0 Å². The number of hydrogen-bond acceptors (Lipinski definition) is 0. The summed E-state index contributed by atoms with van der Waals surface area (Å²) in [5, 5.41) is 0. The Bertz CT molecular complexity index is 320. The van der Waals surface area contributed by atoms with E-state index in [9.17, 15) is 0 Å². The van der Waals surface area contributed by atoms with Gasteiger partial charge in [0.15, 0.2) is 0 Å². The van der Waals surface area contributed by atoms with Gasteiger partial charge in [-0.25, -0.2) is 0 Å². The third kappa shape index (κ3) is 16.7. The summed E-state index contributed by atoms with van der Waals surface area (Å²) >= 11 is 0. The van der Waals surface area contributed by atoms with Gasteiger partial charge >= 0.3 is 0 Å². The van der Waals surface area contributed by atoms with Gasteiger partial charge in [-0.1, -0.05) is 181 Å². The molecule has 0 nitrogen and oxygen atoms in total. The molecule has 1 aliphatic rings. The van der Waals surface area contributed by atoms with Crippen LogP contribution in [-0.4, -0.2) is 0 Å². The van der Waals surface area contributed by atoms with E-state index in [-0.39, 0.29) is 0 Å². The summed E-state index contributed by atoms with van der Waals surface area (Å²) in [6, 6.07) is 0. The molecule has 2 unspecified atom stereocenters. The van der Waals surface area contributed by atoms with E-state index in [1.54, 1.807) is 25.7 Å². The van der Waals surface area contributed by atoms with Gasteiger partial charge in [-0.3, -0.25) is 0 Å². The van der Waals surface area contributed by atoms with E-state index in [0.717, 1.165) is 11.8 Å². The van der Waals surface area contributed by atoms with E-state index in [0.29, 0.717) is 0 Å². The van der Waals surface area contributed by atoms with Crippen LogP contribution in [-0.2, 0) is 0 Å². The molecule has 2 atom stereocenters. The molecule has 0 heteroatoms. The second kappa shape index (κ2) is 22.2. The van der Waals surface area contributed by atoms with E-state index in [2.05, 4.69) is 13.8 Å². The third-order valence-electron chi connectivity index (χ3n) is 7.92. The Morgan fingerprint density at radius 2 is 0.667 bits per heavy atom. The van der Waals surface area contributed by atoms with Crippen molar-refractivity contribution in [3.05, 3.63) is 0 Å². The van der Waals surface area contributed by atoms with Crippen molar-refractivity contribution in [3.8, 4) is 0 Å². The van der Waals surface area contributed by atoms with Crippen molar-refractivity contribution in [2.24, 2.45) is 11.8 Å². The fraction of sp³-hybridized carbons (Fsp3) is 1.00. The highest BCUT2D eigenvalue weighted by molar-refractivity contribution is 4.72. The highest BCUT2D eigenvalue weighted by atomic mass is 14.3. The largest absolute Gasteiger partial charge is 0.0654 e. The van der Waals surface area contributed by atoms with Gasteiger partial charge < -0.3 is 0 Å². The Morgan fingerprint density at radius 3 is 1.07 bits per heavy atom. The topological polar surface area (TPSA) is 0 Å². The summed E-state index contributed by atoms with van der Waals surface area (Å²) in [6.07, 6.45) is 38.9. The quantitative estimate of drug-likeness (QED) is 0.245. The van der Waals surface area contributed by atoms with Crippen LogP contribution in [0.5, 0.6) is 0 Å². The van der Waals surface area contributed by atoms with Gasteiger partial charge in [-0.05, 0) is 11.8 Å². The van der Waals surface area contributed by atoms with Crippen molar-refractivity contribution in [1.29, 1.82) is 0 Å². The van der Waals surface area contributed by atoms with Crippen LogP contribution in [0.1, 0.15) is 181 Å². The lowest BCUT2D eigenvalue weighted by Gasteiger charge is -2.28. The summed E-state index contributed by atoms with van der Waals surface area (Å²) in [5.41, 5.74) is 0. The smallest absolute Gasteiger partial charge is 0.0386 e. The minimum Gasteiger partial charge on any atom is -0.0654 e. The zero-order chi connectivity index (χ0) is 21.5. The Labute approximate surface area is 192 Å². The summed E-state index contributed by atoms with van der Waals surface area (Å²) in [7, 11) is 0. The van der Waals surface area contributed by atoms with Crippen molar-refractivity contribution in [3.63, 3.8) is 0 Å². The minimum absolute atomic E-state index is 1.05. The first-order valence-corrected chi connectivity index (χ1v) is 14.9. The van der Waals surface area contributed by atoms with Crippen LogP contribution < -0.4 is 0 Å². The van der Waals surface area contributed by atoms with Gasteiger partial charge in [-0.2, -0.15) is 0 Å². The van der Waals surface area contributed by atoms with Crippen molar-refractivity contribution in [2.45, 2.75) is 181 Å². The maximum absolute atomic E-state index is 2.35. The predicted molar refractivity (Wildman–Crippen MR) is 138 cm³/mol. The van der Waals surface area contributed by atoms with Gasteiger partial charge in [-0.15, -0.1) is 0 Å². The fourth-order valence-corrected chi connectivity index (χ4v) is 5.83. The van der Waals surface area contributed by atoms with Gasteiger partial charge in [0.2, 0.25) is 0 Å². The van der Waals surface area contributed by atoms with E-state index < -0.39 is 0 Å². The zero-order valence-corrected chi connectivity index (χ0v) is 21.5. The van der Waals surface area contributed by atoms with E-state index in [1.807, 2.05) is 0 Å². The molecule has 30 heavy (non-hydrogen) atoms. The van der Waals surface area contributed by atoms with Crippen LogP contribution >= 0.6 is 0 Å². The van der Waals surface area contributed by atoms with Crippen LogP contribution in [0.2, 0.25) is 0 Å². The van der Waals surface area contributed by atoms with Gasteiger partial charge in [0.05, 0.1) is 0 Å². The first kappa shape index (κ1) is 28.0. The lowest BCUT2D eigenvalue weighted by molar-refractivity contribution is 0.236. The molecule has 180 valence electrons. The molecule has 0 saturated heterocycles. The van der Waals surface area contributed by atoms with Crippen molar-refractivity contribution in [2.75, 3.05) is 0 Å². The van der Waals surface area contributed by atoms with Crippen LogP contribution in [0.3, 0.4) is 0 Å². The van der Waals surface area contributed by atoms with Gasteiger partial charge in [0, 0.05) is 0 Å². The molecule has 0 N–H and O–H groups in total. The maximum Gasteiger partial charge on any atom is -0.0386 e. The molecule has 0 aromatic carbocycles. The average molecular weight is 421 g/mol. The first-order chi connectivity index (χ1) is 14.9. The van der Waals surface area contributed by atoms with Crippen LogP contribution in [0.25, 0.3) is 0 Å². The Morgan fingerprint density at radius 1 is 0.367 bits per heavy atom. The maximum atomic E-state index is 2.35. The Kier molecular flexibility index (Phi) is 20.7. The molecule has 0 radical (unpaired) electrons. The third-order valence-corrected chi connectivity index (χ3v) is 7.92. The van der Waals surface area contributed by atoms with Gasteiger partial charge in [0.25, 0.3) is 0 Å². The molecule has 0 bridgehead atoms. The standard InChI is InChI=1S/C30H60/c1-3-5-7-9-10-15-18-22-27-30-28-24-20-17-14-12-11-13-16-19-23-26-29(30)25-21-8-6-4-2/h29-30H,3-28H2,1-2H3. The van der Waals surface area contributed by atoms with E-state index in [1.165, 1.54) is 141 Å². The Hall–Kier alpha value is 0. The van der Waals surface area contributed by atoms with Gasteiger partial charge in [0.1, 0.15) is 0 Å². The van der Waals surface area contributed by atoms with Crippen LogP contribution in [0.4, 0.5) is 0 Å². The molecule has 0 aromatic rings. The lowest BCUT2D eigenvalue weighted by Crippen LogP contribution is -2.16. The van der Waals surface area contributed by atoms with Crippen molar-refractivity contribution in [1.82, 2.24) is 0 Å². The molecular formula is C30H60. The summed E-state index contributed by atoms with van der Waals surface area (Å²) in [5.74, 6) is 2.10. The summed E-state index contributed by atoms with van der Waals surface area (Å²) in [6.45, 7) is 4.68. The number of rotatable bonds is 14. The molecule has 0 spiro atoms. The molecule has 1 saturated carbocycles. The molecule has 1 rings (SSSR count). The molecule has 1 aliphatic carbocycles. The minimum atomic E-state index is 1.05. The second-order valence-corrected chi connectivity index (χ2v) is 10.7. The van der Waals surface area contributed by atoms with E-state index in [4.69, 9.17) is 0 Å². The summed E-state index contributed by atoms with van der Waals surface area (Å²) in [4.78, 5) is 0. The van der Waals surface area contributed by atoms with Crippen LogP contribution in [0, 0.1) is 11.8 Å². The highest BCUT2D eigenvalue weighted by Gasteiger charge is 2.20. The summed E-state index contributed by atoms with van der Waals surface area (Å²) < 4.78 is 0. The normalized spacial score (nSPS) is 22.6. The molecule has 0 heterocycles. The molecular weight excluding hydrogens is 360 g/mol. The van der Waals surface area contributed by atoms with Crippen LogP contribution in [0.15, 0.2) is 0 Å². The monoisotopic (exact) mass is 420 g/mol. The second-order valence-electron chi connectivity index (χ2n) is 10.7. The van der Waals surface area contributed by atoms with Crippen molar-refractivity contribution < 1.29 is 0 Å². The fourth-order valence-electron chi connectivity index (χ4n) is 5.83. The number of hydrogen-bond donors (Lipinski definition) is 0. The predicted octanol–water partition coefficient (Wildman–Crippen LogP) is 11.4. The SMILES string of the molecule is CCCCCCCCCCC1CCCCCCCCCCCCC1CCCCCC. The number of unbranched alkanes of at least 4 members (excludes halogenated alkanes) is 10. The van der Waals surface area contributed by atoms with Crippen molar-refractivity contribution >= 4 is 0 Å². The zero-order valence-electron chi connectivity index (χ0n) is 21.5. The average Bonchev–Trinajstić information content (AvgIpc) is 2.76. The highest BCUT2D eigenvalue weighted by Crippen LogP contribution is 2.34. The molecule has 0 aliphatic heterocycles. The first-order valence-electron chi connectivity index (χ1n) is 14.9. The molecule has 0 aromatic heterocycles. The molecule has 1 fully saturated rings.